The van der Waals surface area contributed by atoms with Crippen LogP contribution in [0.2, 0.25) is 0 Å². The molecule has 0 aliphatic carbocycles. The SMILES string of the molecule is O=I(=O)c1ccccc1OC(F)(F)F. The van der Waals surface area contributed by atoms with Gasteiger partial charge < -0.3 is 4.74 Å². The fourth-order valence-electron chi connectivity index (χ4n) is 0.780. The molecular formula is C7H4F3IO3. The Morgan fingerprint density at radius 2 is 1.71 bits per heavy atom. The molecule has 0 radical (unpaired) electrons. The van der Waals surface area contributed by atoms with Crippen molar-refractivity contribution in [3.63, 3.8) is 0 Å². The lowest BCUT2D eigenvalue weighted by molar-refractivity contribution is -0.274. The van der Waals surface area contributed by atoms with Crippen LogP contribution in [0.5, 0.6) is 5.75 Å². The standard InChI is InChI=1S/C7H4F3IO3/c8-7(9,10)14-6-4-2-1-3-5(6)11(12)13/h1-4H. The third kappa shape index (κ3) is 3.13. The number of para-hydroxylation sites is 1. The lowest BCUT2D eigenvalue weighted by atomic mass is 10.3. The van der Waals surface area contributed by atoms with Gasteiger partial charge in [-0.3, -0.25) is 0 Å². The summed E-state index contributed by atoms with van der Waals surface area (Å²) in [7, 11) is 0. The van der Waals surface area contributed by atoms with Gasteiger partial charge in [0, 0.05) is 0 Å². The quantitative estimate of drug-likeness (QED) is 0.787. The van der Waals surface area contributed by atoms with Gasteiger partial charge in [0.15, 0.2) is 0 Å². The molecule has 0 unspecified atom stereocenters. The lowest BCUT2D eigenvalue weighted by Crippen LogP contribution is -2.17. The van der Waals surface area contributed by atoms with Crippen LogP contribution in [0.3, 0.4) is 0 Å². The van der Waals surface area contributed by atoms with Gasteiger partial charge in [-0.1, -0.05) is 12.1 Å². The van der Waals surface area contributed by atoms with Crippen LogP contribution in [-0.4, -0.2) is 6.36 Å². The molecule has 0 aromatic heterocycles. The minimum Gasteiger partial charge on any atom is -0.404 e. The molecular weight excluding hydrogens is 316 g/mol. The highest BCUT2D eigenvalue weighted by Gasteiger charge is 2.32. The summed E-state index contributed by atoms with van der Waals surface area (Å²) in [6, 6.07) is 4.64. The first kappa shape index (κ1) is 11.2. The maximum atomic E-state index is 11.8. The van der Waals surface area contributed by atoms with E-state index in [0.717, 1.165) is 12.1 Å². The van der Waals surface area contributed by atoms with Crippen LogP contribution in [-0.2, 0) is 6.14 Å². The summed E-state index contributed by atoms with van der Waals surface area (Å²) >= 11 is -3.95. The minimum absolute atomic E-state index is 0.394. The number of ether oxygens (including phenoxy) is 1. The molecule has 0 fully saturated rings. The van der Waals surface area contributed by atoms with Crippen LogP contribution in [0.25, 0.3) is 0 Å². The summed E-state index contributed by atoms with van der Waals surface area (Å²) in [6.07, 6.45) is -4.87. The molecule has 0 aliphatic heterocycles. The van der Waals surface area contributed by atoms with Crippen LogP contribution in [0.4, 0.5) is 13.2 Å². The summed E-state index contributed by atoms with van der Waals surface area (Å²) < 4.78 is 59.6. The molecule has 0 atom stereocenters. The van der Waals surface area contributed by atoms with Crippen LogP contribution in [0, 0.1) is 3.57 Å². The molecule has 78 valence electrons. The van der Waals surface area contributed by atoms with Crippen molar-refractivity contribution in [3.05, 3.63) is 27.8 Å². The molecule has 0 amide bonds. The van der Waals surface area contributed by atoms with Gasteiger partial charge in [-0.25, -0.2) is 6.14 Å². The van der Waals surface area contributed by atoms with E-state index in [4.69, 9.17) is 0 Å². The first-order chi connectivity index (χ1) is 6.40. The van der Waals surface area contributed by atoms with E-state index >= 15 is 0 Å². The topological polar surface area (TPSA) is 43.4 Å². The molecule has 3 nitrogen and oxygen atoms in total. The largest absolute Gasteiger partial charge is 0.573 e. The Bertz CT molecular complexity index is 389. The fourth-order valence-corrected chi connectivity index (χ4v) is 2.00. The molecule has 7 heteroatoms. The van der Waals surface area contributed by atoms with Gasteiger partial charge in [0.05, 0.1) is 0 Å². The molecule has 0 N–H and O–H groups in total. The summed E-state index contributed by atoms with van der Waals surface area (Å²) in [6.45, 7) is 0. The van der Waals surface area contributed by atoms with Gasteiger partial charge in [0.2, 0.25) is 0 Å². The fraction of sp³-hybridized carbons (Fsp3) is 0.143. The number of hydrogen-bond acceptors (Lipinski definition) is 3. The second-order valence-corrected chi connectivity index (χ2v) is 4.60. The van der Waals surface area contributed by atoms with E-state index in [1.54, 1.807) is 0 Å². The first-order valence-electron chi connectivity index (χ1n) is 3.30. The predicted molar refractivity (Wildman–Crippen MR) is 47.2 cm³/mol. The van der Waals surface area contributed by atoms with E-state index in [1.165, 1.54) is 12.1 Å². The summed E-state index contributed by atoms with van der Waals surface area (Å²) in [4.78, 5) is 0. The average molecular weight is 320 g/mol. The molecule has 1 rings (SSSR count). The third-order valence-corrected chi connectivity index (χ3v) is 3.07. The summed E-state index contributed by atoms with van der Waals surface area (Å²) in [5.41, 5.74) is 0. The van der Waals surface area contributed by atoms with Crippen LogP contribution >= 0.6 is 19.8 Å². The Balaban J connectivity index is 3.08. The van der Waals surface area contributed by atoms with Crippen molar-refractivity contribution in [2.75, 3.05) is 0 Å². The molecule has 0 spiro atoms. The third-order valence-electron chi connectivity index (χ3n) is 1.23. The molecule has 1 aromatic rings. The van der Waals surface area contributed by atoms with E-state index in [1.807, 2.05) is 0 Å². The second kappa shape index (κ2) is 4.11. The maximum Gasteiger partial charge on any atom is 0.573 e. The average Bonchev–Trinajstić information content (AvgIpc) is 2.01. The molecule has 0 aliphatic rings. The zero-order chi connectivity index (χ0) is 10.8. The Morgan fingerprint density at radius 1 is 1.14 bits per heavy atom. The Hall–Kier alpha value is -0.860. The number of hydrogen-bond donors (Lipinski definition) is 0. The zero-order valence-corrected chi connectivity index (χ0v) is 8.70. The molecule has 0 saturated carbocycles. The smallest absolute Gasteiger partial charge is 0.404 e. The van der Waals surface area contributed by atoms with Crippen molar-refractivity contribution < 1.29 is 24.0 Å². The van der Waals surface area contributed by atoms with Crippen molar-refractivity contribution >= 4 is 19.8 Å². The van der Waals surface area contributed by atoms with Gasteiger partial charge in [-0.2, -0.15) is 0 Å². The number of benzene rings is 1. The predicted octanol–water partition coefficient (Wildman–Crippen LogP) is 2.95. The van der Waals surface area contributed by atoms with Gasteiger partial charge in [-0.15, -0.1) is 13.2 Å². The minimum atomic E-state index is -4.87. The van der Waals surface area contributed by atoms with Gasteiger partial charge in [-0.05, 0) is 12.1 Å². The van der Waals surface area contributed by atoms with Crippen molar-refractivity contribution in [2.45, 2.75) is 6.36 Å². The number of alkyl halides is 3. The first-order valence-corrected chi connectivity index (χ1v) is 6.14. The van der Waals surface area contributed by atoms with E-state index in [9.17, 15) is 19.3 Å². The second-order valence-electron chi connectivity index (χ2n) is 2.20. The highest BCUT2D eigenvalue weighted by Crippen LogP contribution is 2.31. The molecule has 14 heavy (non-hydrogen) atoms. The molecule has 1 aromatic carbocycles. The summed E-state index contributed by atoms with van der Waals surface area (Å²) in [5.74, 6) is -0.671. The van der Waals surface area contributed by atoms with Gasteiger partial charge in [0.25, 0.3) is 0 Å². The van der Waals surface area contributed by atoms with Gasteiger partial charge >= 0.3 is 26.2 Å². The molecule has 0 heterocycles. The van der Waals surface area contributed by atoms with Gasteiger partial charge in [0.1, 0.15) is 9.32 Å². The monoisotopic (exact) mass is 320 g/mol. The van der Waals surface area contributed by atoms with E-state index in [0.29, 0.717) is 0 Å². The van der Waals surface area contributed by atoms with Crippen molar-refractivity contribution in [1.82, 2.24) is 0 Å². The molecule has 0 bridgehead atoms. The van der Waals surface area contributed by atoms with Crippen molar-refractivity contribution in [3.8, 4) is 5.75 Å². The lowest BCUT2D eigenvalue weighted by Gasteiger charge is -2.09. The van der Waals surface area contributed by atoms with Crippen molar-refractivity contribution in [1.29, 1.82) is 0 Å². The summed E-state index contributed by atoms with van der Waals surface area (Å²) in [5, 5.41) is 0. The van der Waals surface area contributed by atoms with Crippen LogP contribution in [0.1, 0.15) is 0 Å². The highest BCUT2D eigenvalue weighted by atomic mass is 127. The Labute approximate surface area is 84.0 Å². The van der Waals surface area contributed by atoms with Crippen molar-refractivity contribution in [2.24, 2.45) is 0 Å². The van der Waals surface area contributed by atoms with Crippen LogP contribution in [0.15, 0.2) is 24.3 Å². The highest BCUT2D eigenvalue weighted by molar-refractivity contribution is 14.2. The Morgan fingerprint density at radius 3 is 2.21 bits per heavy atom. The number of halogens is 4. The number of rotatable bonds is 2. The Kier molecular flexibility index (Phi) is 3.29. The zero-order valence-electron chi connectivity index (χ0n) is 6.55. The normalized spacial score (nSPS) is 11.7. The van der Waals surface area contributed by atoms with Crippen LogP contribution < -0.4 is 4.74 Å². The van der Waals surface area contributed by atoms with E-state index in [-0.39, 0.29) is 0 Å². The van der Waals surface area contributed by atoms with E-state index in [2.05, 4.69) is 4.74 Å². The molecule has 0 saturated heterocycles. The maximum absolute atomic E-state index is 11.8. The van der Waals surface area contributed by atoms with E-state index < -0.39 is 35.5 Å².